The molecule has 1 unspecified atom stereocenters. The van der Waals surface area contributed by atoms with Crippen molar-refractivity contribution >= 4 is 10.9 Å². The normalized spacial score (nSPS) is 21.8. The Morgan fingerprint density at radius 3 is 2.81 bits per heavy atom. The van der Waals surface area contributed by atoms with Crippen LogP contribution < -0.4 is 5.32 Å². The summed E-state index contributed by atoms with van der Waals surface area (Å²) >= 11 is 0. The van der Waals surface area contributed by atoms with Crippen LogP contribution in [0.1, 0.15) is 37.9 Å². The van der Waals surface area contributed by atoms with E-state index >= 15 is 0 Å². The van der Waals surface area contributed by atoms with Gasteiger partial charge in [-0.15, -0.1) is 0 Å². The van der Waals surface area contributed by atoms with Crippen LogP contribution in [0.25, 0.3) is 10.9 Å². The van der Waals surface area contributed by atoms with Gasteiger partial charge in [0, 0.05) is 42.8 Å². The zero-order chi connectivity index (χ0) is 15.0. The molecule has 1 N–H and O–H groups in total. The van der Waals surface area contributed by atoms with Crippen molar-refractivity contribution in [3.63, 3.8) is 0 Å². The van der Waals surface area contributed by atoms with Gasteiger partial charge in [0.05, 0.1) is 5.60 Å². The fraction of sp³-hybridized carbons (Fsp3) is 0.556. The smallest absolute Gasteiger partial charge is 0.0641 e. The molecule has 1 fully saturated rings. The van der Waals surface area contributed by atoms with Gasteiger partial charge in [-0.25, -0.2) is 0 Å². The Hall–Kier alpha value is -1.32. The van der Waals surface area contributed by atoms with Crippen molar-refractivity contribution in [2.75, 3.05) is 6.61 Å². The van der Waals surface area contributed by atoms with Crippen LogP contribution in [0.4, 0.5) is 0 Å². The van der Waals surface area contributed by atoms with Crippen LogP contribution in [0.15, 0.2) is 24.3 Å². The van der Waals surface area contributed by atoms with Gasteiger partial charge >= 0.3 is 0 Å². The molecule has 0 aliphatic carbocycles. The summed E-state index contributed by atoms with van der Waals surface area (Å²) in [5.41, 5.74) is 4.11. The van der Waals surface area contributed by atoms with E-state index in [0.717, 1.165) is 26.0 Å². The van der Waals surface area contributed by atoms with E-state index in [1.807, 2.05) is 0 Å². The van der Waals surface area contributed by atoms with E-state index in [4.69, 9.17) is 4.74 Å². The first-order chi connectivity index (χ1) is 9.98. The number of benzene rings is 1. The molecular weight excluding hydrogens is 260 g/mol. The predicted octanol–water partition coefficient (Wildman–Crippen LogP) is 3.53. The highest BCUT2D eigenvalue weighted by Crippen LogP contribution is 2.26. The summed E-state index contributed by atoms with van der Waals surface area (Å²) < 4.78 is 8.12. The van der Waals surface area contributed by atoms with E-state index in [1.165, 1.54) is 22.2 Å². The van der Waals surface area contributed by atoms with Crippen LogP contribution in [0.2, 0.25) is 0 Å². The number of aromatic nitrogens is 1. The van der Waals surface area contributed by atoms with E-state index in [2.05, 4.69) is 62.0 Å². The summed E-state index contributed by atoms with van der Waals surface area (Å²) in [5, 5.41) is 5.10. The lowest BCUT2D eigenvalue weighted by atomic mass is 9.94. The molecule has 0 bridgehead atoms. The maximum atomic E-state index is 5.80. The predicted molar refractivity (Wildman–Crippen MR) is 87.5 cm³/mol. The van der Waals surface area contributed by atoms with Crippen LogP contribution in [-0.4, -0.2) is 22.8 Å². The highest BCUT2D eigenvalue weighted by atomic mass is 16.5. The van der Waals surface area contributed by atoms with Crippen LogP contribution >= 0.6 is 0 Å². The van der Waals surface area contributed by atoms with Crippen molar-refractivity contribution in [3.8, 4) is 0 Å². The molecule has 0 amide bonds. The fourth-order valence-corrected chi connectivity index (χ4v) is 3.53. The molecule has 2 heterocycles. The van der Waals surface area contributed by atoms with Gasteiger partial charge < -0.3 is 14.6 Å². The molecule has 21 heavy (non-hydrogen) atoms. The third-order valence-electron chi connectivity index (χ3n) is 4.76. The second kappa shape index (κ2) is 5.47. The monoisotopic (exact) mass is 286 g/mol. The number of ether oxygens (including phenoxy) is 1. The maximum absolute atomic E-state index is 5.80. The first-order valence-electron chi connectivity index (χ1n) is 7.88. The molecule has 0 spiro atoms. The van der Waals surface area contributed by atoms with Gasteiger partial charge in [-0.2, -0.15) is 0 Å². The van der Waals surface area contributed by atoms with Crippen LogP contribution in [0.3, 0.4) is 0 Å². The Balaban J connectivity index is 1.76. The molecule has 0 radical (unpaired) electrons. The molecule has 0 saturated carbocycles. The largest absolute Gasteiger partial charge is 0.375 e. The number of nitrogens with zero attached hydrogens (tertiary/aromatic N) is 1. The lowest BCUT2D eigenvalue weighted by Crippen LogP contribution is -2.43. The molecule has 2 aromatic rings. The Labute approximate surface area is 127 Å². The molecule has 3 heteroatoms. The number of para-hydroxylation sites is 1. The Bertz CT molecular complexity index is 603. The Kier molecular flexibility index (Phi) is 3.80. The minimum Gasteiger partial charge on any atom is -0.375 e. The van der Waals surface area contributed by atoms with E-state index in [9.17, 15) is 0 Å². The minimum atomic E-state index is 0.00385. The van der Waals surface area contributed by atoms with Crippen LogP contribution in [0, 0.1) is 6.92 Å². The number of hydrogen-bond acceptors (Lipinski definition) is 2. The van der Waals surface area contributed by atoms with Crippen molar-refractivity contribution in [3.05, 3.63) is 35.5 Å². The van der Waals surface area contributed by atoms with Gasteiger partial charge in [0.15, 0.2) is 0 Å². The SMILES string of the molecule is Cc1c(CNC2CCOC(C)(C)C2)n(C)c2ccccc12. The number of nitrogens with one attached hydrogen (secondary N) is 1. The summed E-state index contributed by atoms with van der Waals surface area (Å²) in [5.74, 6) is 0. The minimum absolute atomic E-state index is 0.00385. The van der Waals surface area contributed by atoms with Crippen molar-refractivity contribution in [1.82, 2.24) is 9.88 Å². The Morgan fingerprint density at radius 1 is 1.33 bits per heavy atom. The molecule has 3 rings (SSSR count). The van der Waals surface area contributed by atoms with Gasteiger partial charge in [-0.05, 0) is 45.2 Å². The molecule has 1 aromatic carbocycles. The number of fused-ring (bicyclic) bond motifs is 1. The highest BCUT2D eigenvalue weighted by Gasteiger charge is 2.28. The van der Waals surface area contributed by atoms with Crippen molar-refractivity contribution in [2.24, 2.45) is 7.05 Å². The highest BCUT2D eigenvalue weighted by molar-refractivity contribution is 5.85. The maximum Gasteiger partial charge on any atom is 0.0641 e. The van der Waals surface area contributed by atoms with Gasteiger partial charge in [0.1, 0.15) is 0 Å². The lowest BCUT2D eigenvalue weighted by molar-refractivity contribution is -0.0631. The molecule has 1 aliphatic heterocycles. The summed E-state index contributed by atoms with van der Waals surface area (Å²) in [6.45, 7) is 8.38. The third-order valence-corrected chi connectivity index (χ3v) is 4.76. The molecule has 3 nitrogen and oxygen atoms in total. The van der Waals surface area contributed by atoms with Gasteiger partial charge in [-0.1, -0.05) is 18.2 Å². The fourth-order valence-electron chi connectivity index (χ4n) is 3.53. The molecule has 1 aromatic heterocycles. The van der Waals surface area contributed by atoms with Crippen molar-refractivity contribution in [2.45, 2.75) is 51.8 Å². The zero-order valence-corrected chi connectivity index (χ0v) is 13.6. The third kappa shape index (κ3) is 2.85. The number of rotatable bonds is 3. The number of aryl methyl sites for hydroxylation is 2. The van der Waals surface area contributed by atoms with E-state index in [0.29, 0.717) is 6.04 Å². The molecule has 1 aliphatic rings. The van der Waals surface area contributed by atoms with Crippen LogP contribution in [-0.2, 0) is 18.3 Å². The standard InChI is InChI=1S/C18H26N2O/c1-13-15-7-5-6-8-16(15)20(4)17(13)12-19-14-9-10-21-18(2,3)11-14/h5-8,14,19H,9-12H2,1-4H3. The van der Waals surface area contributed by atoms with Gasteiger partial charge in [0.25, 0.3) is 0 Å². The van der Waals surface area contributed by atoms with E-state index in [1.54, 1.807) is 0 Å². The second-order valence-corrected chi connectivity index (χ2v) is 6.83. The summed E-state index contributed by atoms with van der Waals surface area (Å²) in [6, 6.07) is 9.19. The summed E-state index contributed by atoms with van der Waals surface area (Å²) in [6.07, 6.45) is 2.18. The quantitative estimate of drug-likeness (QED) is 0.934. The van der Waals surface area contributed by atoms with Gasteiger partial charge in [0.2, 0.25) is 0 Å². The number of hydrogen-bond donors (Lipinski definition) is 1. The second-order valence-electron chi connectivity index (χ2n) is 6.83. The summed E-state index contributed by atoms with van der Waals surface area (Å²) in [4.78, 5) is 0. The first kappa shape index (κ1) is 14.6. The first-order valence-corrected chi connectivity index (χ1v) is 7.88. The molecular formula is C18H26N2O. The lowest BCUT2D eigenvalue weighted by Gasteiger charge is -2.36. The van der Waals surface area contributed by atoms with Crippen molar-refractivity contribution in [1.29, 1.82) is 0 Å². The zero-order valence-electron chi connectivity index (χ0n) is 13.6. The molecule has 114 valence electrons. The average Bonchev–Trinajstić information content (AvgIpc) is 2.69. The van der Waals surface area contributed by atoms with E-state index < -0.39 is 0 Å². The average molecular weight is 286 g/mol. The Morgan fingerprint density at radius 2 is 2.10 bits per heavy atom. The summed E-state index contributed by atoms with van der Waals surface area (Å²) in [7, 11) is 2.17. The van der Waals surface area contributed by atoms with Gasteiger partial charge in [-0.3, -0.25) is 0 Å². The van der Waals surface area contributed by atoms with Crippen molar-refractivity contribution < 1.29 is 4.74 Å². The topological polar surface area (TPSA) is 26.2 Å². The molecule has 1 atom stereocenters. The van der Waals surface area contributed by atoms with E-state index in [-0.39, 0.29) is 5.60 Å². The van der Waals surface area contributed by atoms with Crippen LogP contribution in [0.5, 0.6) is 0 Å². The molecule has 1 saturated heterocycles.